The van der Waals surface area contributed by atoms with Crippen LogP contribution in [0.15, 0.2) is 12.2 Å². The molecule has 0 nitrogen and oxygen atoms in total. The highest BCUT2D eigenvalue weighted by atomic mass is 14.5. The van der Waals surface area contributed by atoms with Crippen LogP contribution in [0.2, 0.25) is 0 Å². The summed E-state index contributed by atoms with van der Waals surface area (Å²) in [7, 11) is 0. The molecule has 0 bridgehead atoms. The van der Waals surface area contributed by atoms with Crippen LogP contribution < -0.4 is 0 Å². The van der Waals surface area contributed by atoms with Gasteiger partial charge in [-0.15, -0.1) is 0 Å². The molecule has 0 saturated heterocycles. The number of hydrogen-bond donors (Lipinski definition) is 0. The Morgan fingerprint density at radius 3 is 2.00 bits per heavy atom. The van der Waals surface area contributed by atoms with Gasteiger partial charge in [-0.2, -0.15) is 0 Å². The SMILES string of the molecule is C=C1CCC2CCC(C3CC4CCCCC4C4CCCCC34)CC2C1. The average Bonchev–Trinajstić information content (AvgIpc) is 2.67. The number of hydrogen-bond acceptors (Lipinski definition) is 0. The van der Waals surface area contributed by atoms with Gasteiger partial charge in [-0.3, -0.25) is 0 Å². The predicted octanol–water partition coefficient (Wildman–Crippen LogP) is 7.39. The molecule has 0 aliphatic heterocycles. The maximum absolute atomic E-state index is 4.36. The third-order valence-corrected chi connectivity index (χ3v) is 9.72. The van der Waals surface area contributed by atoms with Crippen LogP contribution in [-0.2, 0) is 0 Å². The van der Waals surface area contributed by atoms with Gasteiger partial charge in [-0.05, 0) is 112 Å². The minimum atomic E-state index is 1.02. The lowest BCUT2D eigenvalue weighted by Crippen LogP contribution is -2.46. The summed E-state index contributed by atoms with van der Waals surface area (Å²) in [6.07, 6.45) is 23.1. The van der Waals surface area contributed by atoms with Crippen molar-refractivity contribution in [3.05, 3.63) is 12.2 Å². The molecule has 8 unspecified atom stereocenters. The summed E-state index contributed by atoms with van der Waals surface area (Å²) in [6, 6.07) is 0. The monoisotopic (exact) mass is 340 g/mol. The molecule has 5 aliphatic carbocycles. The highest BCUT2D eigenvalue weighted by Gasteiger charge is 2.49. The first kappa shape index (κ1) is 16.9. The maximum atomic E-state index is 4.36. The van der Waals surface area contributed by atoms with Crippen molar-refractivity contribution in [2.75, 3.05) is 0 Å². The van der Waals surface area contributed by atoms with Crippen LogP contribution in [0.4, 0.5) is 0 Å². The highest BCUT2D eigenvalue weighted by Crippen LogP contribution is 2.58. The molecule has 0 aromatic heterocycles. The Kier molecular flexibility index (Phi) is 4.76. The van der Waals surface area contributed by atoms with E-state index in [0.29, 0.717) is 0 Å². The topological polar surface area (TPSA) is 0 Å². The summed E-state index contributed by atoms with van der Waals surface area (Å²) in [5.74, 6) is 8.80. The van der Waals surface area contributed by atoms with Crippen molar-refractivity contribution in [2.24, 2.45) is 47.3 Å². The Balaban J connectivity index is 1.34. The van der Waals surface area contributed by atoms with Gasteiger partial charge in [0, 0.05) is 0 Å². The van der Waals surface area contributed by atoms with Crippen LogP contribution in [0.3, 0.4) is 0 Å². The minimum Gasteiger partial charge on any atom is -0.0999 e. The van der Waals surface area contributed by atoms with Gasteiger partial charge in [-0.25, -0.2) is 0 Å². The maximum Gasteiger partial charge on any atom is -0.0292 e. The Morgan fingerprint density at radius 2 is 1.16 bits per heavy atom. The predicted molar refractivity (Wildman–Crippen MR) is 106 cm³/mol. The van der Waals surface area contributed by atoms with Crippen molar-refractivity contribution in [1.29, 1.82) is 0 Å². The van der Waals surface area contributed by atoms with Crippen LogP contribution in [0.5, 0.6) is 0 Å². The van der Waals surface area contributed by atoms with Crippen LogP contribution in [0, 0.1) is 47.3 Å². The van der Waals surface area contributed by atoms with E-state index in [-0.39, 0.29) is 0 Å². The fourth-order valence-corrected chi connectivity index (χ4v) is 8.65. The van der Waals surface area contributed by atoms with Crippen molar-refractivity contribution < 1.29 is 0 Å². The Morgan fingerprint density at radius 1 is 0.520 bits per heavy atom. The fraction of sp³-hybridized carbons (Fsp3) is 0.920. The van der Waals surface area contributed by atoms with Gasteiger partial charge < -0.3 is 0 Å². The smallest absolute Gasteiger partial charge is 0.0292 e. The highest BCUT2D eigenvalue weighted by molar-refractivity contribution is 5.05. The molecule has 0 aromatic rings. The fourth-order valence-electron chi connectivity index (χ4n) is 8.65. The van der Waals surface area contributed by atoms with Gasteiger partial charge in [0.15, 0.2) is 0 Å². The zero-order chi connectivity index (χ0) is 16.8. The first-order chi connectivity index (χ1) is 12.3. The first-order valence-electron chi connectivity index (χ1n) is 12.0. The molecule has 8 atom stereocenters. The third kappa shape index (κ3) is 3.14. The van der Waals surface area contributed by atoms with Gasteiger partial charge in [0.25, 0.3) is 0 Å². The zero-order valence-electron chi connectivity index (χ0n) is 16.4. The van der Waals surface area contributed by atoms with Crippen molar-refractivity contribution in [3.8, 4) is 0 Å². The second-order valence-electron chi connectivity index (χ2n) is 10.8. The van der Waals surface area contributed by atoms with E-state index in [1.807, 2.05) is 0 Å². The van der Waals surface area contributed by atoms with E-state index in [9.17, 15) is 0 Å². The van der Waals surface area contributed by atoms with E-state index < -0.39 is 0 Å². The molecule has 0 radical (unpaired) electrons. The molecular formula is C25H40. The van der Waals surface area contributed by atoms with E-state index in [1.54, 1.807) is 82.6 Å². The Bertz CT molecular complexity index is 490. The quantitative estimate of drug-likeness (QED) is 0.436. The molecule has 5 fully saturated rings. The van der Waals surface area contributed by atoms with Gasteiger partial charge in [-0.1, -0.05) is 44.3 Å². The molecule has 0 spiro atoms. The first-order valence-corrected chi connectivity index (χ1v) is 12.0. The summed E-state index contributed by atoms with van der Waals surface area (Å²) in [5.41, 5.74) is 1.58. The van der Waals surface area contributed by atoms with Gasteiger partial charge in [0.2, 0.25) is 0 Å². The summed E-state index contributed by atoms with van der Waals surface area (Å²) in [6.45, 7) is 4.36. The molecule has 5 rings (SSSR count). The summed E-state index contributed by atoms with van der Waals surface area (Å²) in [5, 5.41) is 0. The Hall–Kier alpha value is -0.260. The zero-order valence-corrected chi connectivity index (χ0v) is 16.4. The molecule has 25 heavy (non-hydrogen) atoms. The number of rotatable bonds is 1. The third-order valence-electron chi connectivity index (χ3n) is 9.72. The minimum absolute atomic E-state index is 1.02. The lowest BCUT2D eigenvalue weighted by atomic mass is 9.50. The molecular weight excluding hydrogens is 300 g/mol. The van der Waals surface area contributed by atoms with E-state index in [2.05, 4.69) is 6.58 Å². The van der Waals surface area contributed by atoms with E-state index in [0.717, 1.165) is 47.3 Å². The molecule has 140 valence electrons. The van der Waals surface area contributed by atoms with Crippen molar-refractivity contribution in [1.82, 2.24) is 0 Å². The van der Waals surface area contributed by atoms with Crippen molar-refractivity contribution >= 4 is 0 Å². The van der Waals surface area contributed by atoms with Gasteiger partial charge >= 0.3 is 0 Å². The van der Waals surface area contributed by atoms with Gasteiger partial charge in [0.05, 0.1) is 0 Å². The summed E-state index contributed by atoms with van der Waals surface area (Å²) in [4.78, 5) is 0. The second-order valence-corrected chi connectivity index (χ2v) is 10.8. The van der Waals surface area contributed by atoms with Crippen molar-refractivity contribution in [2.45, 2.75) is 96.3 Å². The molecule has 0 amide bonds. The van der Waals surface area contributed by atoms with Crippen LogP contribution in [-0.4, -0.2) is 0 Å². The standard InChI is InChI=1S/C25H40/c1-17-10-11-18-12-13-20(15-21(18)14-17)25-16-19-6-2-3-7-22(19)23-8-4-5-9-24(23)25/h18-25H,1-16H2. The van der Waals surface area contributed by atoms with E-state index in [1.165, 1.54) is 19.3 Å². The number of fused-ring (bicyclic) bond motifs is 4. The van der Waals surface area contributed by atoms with E-state index in [4.69, 9.17) is 0 Å². The van der Waals surface area contributed by atoms with Crippen molar-refractivity contribution in [3.63, 3.8) is 0 Å². The molecule has 0 heterocycles. The van der Waals surface area contributed by atoms with E-state index >= 15 is 0 Å². The Labute approximate surface area is 156 Å². The largest absolute Gasteiger partial charge is 0.0999 e. The molecule has 0 aromatic carbocycles. The van der Waals surface area contributed by atoms with Crippen LogP contribution in [0.1, 0.15) is 96.3 Å². The van der Waals surface area contributed by atoms with Gasteiger partial charge in [0.1, 0.15) is 0 Å². The second kappa shape index (κ2) is 7.05. The molecule has 5 aliphatic rings. The average molecular weight is 341 g/mol. The lowest BCUT2D eigenvalue weighted by Gasteiger charge is -2.55. The summed E-state index contributed by atoms with van der Waals surface area (Å²) < 4.78 is 0. The molecule has 0 heteroatoms. The lowest BCUT2D eigenvalue weighted by molar-refractivity contribution is -0.0512. The van der Waals surface area contributed by atoms with Crippen LogP contribution >= 0.6 is 0 Å². The molecule has 0 N–H and O–H groups in total. The summed E-state index contributed by atoms with van der Waals surface area (Å²) >= 11 is 0. The normalized spacial score (nSPS) is 50.5. The molecule has 5 saturated carbocycles. The van der Waals surface area contributed by atoms with Crippen LogP contribution in [0.25, 0.3) is 0 Å². The number of allylic oxidation sites excluding steroid dienone is 1.